The number of hydrogen-bond donors (Lipinski definition) is 0. The summed E-state index contributed by atoms with van der Waals surface area (Å²) in [6, 6.07) is 1.25. The van der Waals surface area contributed by atoms with E-state index in [9.17, 15) is 0 Å². The molecule has 2 unspecified atom stereocenters. The number of aromatic nitrogens is 2. The maximum absolute atomic E-state index is 4.37. The average Bonchev–Trinajstić information content (AvgIpc) is 2.87. The predicted molar refractivity (Wildman–Crippen MR) is 73.8 cm³/mol. The van der Waals surface area contributed by atoms with Gasteiger partial charge in [-0.25, -0.2) is 0 Å². The molecule has 1 aliphatic rings. The zero-order valence-electron chi connectivity index (χ0n) is 11.1. The topological polar surface area (TPSA) is 29.0 Å². The first kappa shape index (κ1) is 12.8. The van der Waals surface area contributed by atoms with Crippen LogP contribution in [-0.2, 0) is 6.42 Å². The highest BCUT2D eigenvalue weighted by Crippen LogP contribution is 2.32. The van der Waals surface area contributed by atoms with Gasteiger partial charge in [0, 0.05) is 18.5 Å². The van der Waals surface area contributed by atoms with Crippen molar-refractivity contribution in [1.82, 2.24) is 10.2 Å². The van der Waals surface area contributed by atoms with Crippen LogP contribution in [0.3, 0.4) is 0 Å². The molecule has 0 saturated carbocycles. The number of hydrogen-bond acceptors (Lipinski definition) is 4. The van der Waals surface area contributed by atoms with Crippen molar-refractivity contribution < 1.29 is 0 Å². The molecule has 1 aromatic heterocycles. The summed E-state index contributed by atoms with van der Waals surface area (Å²) >= 11 is 1.79. The van der Waals surface area contributed by atoms with Crippen LogP contribution in [0.4, 0.5) is 5.13 Å². The van der Waals surface area contributed by atoms with Crippen LogP contribution in [0.1, 0.15) is 57.9 Å². The maximum Gasteiger partial charge on any atom is 0.208 e. The summed E-state index contributed by atoms with van der Waals surface area (Å²) in [5.74, 6) is 0. The van der Waals surface area contributed by atoms with Gasteiger partial charge in [0.25, 0.3) is 0 Å². The Bertz CT molecular complexity index is 340. The second-order valence-electron chi connectivity index (χ2n) is 5.12. The molecule has 0 aliphatic carbocycles. The zero-order chi connectivity index (χ0) is 12.3. The quantitative estimate of drug-likeness (QED) is 0.750. The van der Waals surface area contributed by atoms with Crippen molar-refractivity contribution in [3.05, 3.63) is 5.01 Å². The first-order valence-corrected chi connectivity index (χ1v) is 7.64. The van der Waals surface area contributed by atoms with Crippen LogP contribution in [-0.4, -0.2) is 22.3 Å². The smallest absolute Gasteiger partial charge is 0.208 e. The van der Waals surface area contributed by atoms with E-state index in [0.29, 0.717) is 12.1 Å². The second-order valence-corrected chi connectivity index (χ2v) is 6.16. The van der Waals surface area contributed by atoms with E-state index in [4.69, 9.17) is 0 Å². The molecule has 17 heavy (non-hydrogen) atoms. The van der Waals surface area contributed by atoms with Gasteiger partial charge in [0.15, 0.2) is 0 Å². The average molecular weight is 253 g/mol. The van der Waals surface area contributed by atoms with E-state index >= 15 is 0 Å². The SMILES string of the molecule is CCCCCc1nnc(N2C(C)CCC2C)s1. The molecular formula is C13H23N3S. The van der Waals surface area contributed by atoms with Crippen LogP contribution in [0.15, 0.2) is 0 Å². The highest BCUT2D eigenvalue weighted by atomic mass is 32.1. The Labute approximate surface area is 108 Å². The molecule has 4 heteroatoms. The van der Waals surface area contributed by atoms with Crippen LogP contribution in [0.25, 0.3) is 0 Å². The number of rotatable bonds is 5. The summed E-state index contributed by atoms with van der Waals surface area (Å²) in [6.07, 6.45) is 7.48. The molecule has 1 fully saturated rings. The van der Waals surface area contributed by atoms with Gasteiger partial charge in [-0.1, -0.05) is 31.1 Å². The fourth-order valence-electron chi connectivity index (χ4n) is 2.55. The third-order valence-corrected chi connectivity index (χ3v) is 4.62. The summed E-state index contributed by atoms with van der Waals surface area (Å²) < 4.78 is 0. The summed E-state index contributed by atoms with van der Waals surface area (Å²) in [4.78, 5) is 2.45. The fraction of sp³-hybridized carbons (Fsp3) is 0.846. The molecule has 1 aliphatic heterocycles. The molecular weight excluding hydrogens is 230 g/mol. The van der Waals surface area contributed by atoms with Gasteiger partial charge in [0.2, 0.25) is 5.13 Å². The number of unbranched alkanes of at least 4 members (excludes halogenated alkanes) is 2. The molecule has 2 rings (SSSR count). The van der Waals surface area contributed by atoms with E-state index < -0.39 is 0 Å². The molecule has 0 spiro atoms. The molecule has 1 aromatic rings. The minimum absolute atomic E-state index is 0.626. The summed E-state index contributed by atoms with van der Waals surface area (Å²) in [6.45, 7) is 6.82. The van der Waals surface area contributed by atoms with Gasteiger partial charge in [0.05, 0.1) is 0 Å². The van der Waals surface area contributed by atoms with Crippen LogP contribution in [0.2, 0.25) is 0 Å². The Kier molecular flexibility index (Phi) is 4.37. The van der Waals surface area contributed by atoms with E-state index in [2.05, 4.69) is 35.9 Å². The Morgan fingerprint density at radius 3 is 2.53 bits per heavy atom. The number of nitrogens with zero attached hydrogens (tertiary/aromatic N) is 3. The van der Waals surface area contributed by atoms with Crippen molar-refractivity contribution >= 4 is 16.5 Å². The largest absolute Gasteiger partial charge is 0.341 e. The van der Waals surface area contributed by atoms with Gasteiger partial charge in [-0.3, -0.25) is 0 Å². The highest BCUT2D eigenvalue weighted by molar-refractivity contribution is 7.15. The van der Waals surface area contributed by atoms with Gasteiger partial charge in [-0.05, 0) is 33.1 Å². The predicted octanol–water partition coefficient (Wildman–Crippen LogP) is 3.65. The normalized spacial score (nSPS) is 24.5. The zero-order valence-corrected chi connectivity index (χ0v) is 12.0. The molecule has 0 bridgehead atoms. The number of anilines is 1. The van der Waals surface area contributed by atoms with Crippen molar-refractivity contribution in [2.75, 3.05) is 4.90 Å². The van der Waals surface area contributed by atoms with Crippen molar-refractivity contribution in [2.45, 2.75) is 71.4 Å². The number of aryl methyl sites for hydroxylation is 1. The van der Waals surface area contributed by atoms with Crippen molar-refractivity contribution in [2.24, 2.45) is 0 Å². The standard InChI is InChI=1S/C13H23N3S/c1-4-5-6-7-12-14-15-13(17-12)16-10(2)8-9-11(16)3/h10-11H,4-9H2,1-3H3. The van der Waals surface area contributed by atoms with Crippen molar-refractivity contribution in [1.29, 1.82) is 0 Å². The Hall–Kier alpha value is -0.640. The van der Waals surface area contributed by atoms with E-state index in [-0.39, 0.29) is 0 Å². The Morgan fingerprint density at radius 2 is 1.88 bits per heavy atom. The van der Waals surface area contributed by atoms with E-state index in [1.807, 2.05) is 0 Å². The van der Waals surface area contributed by atoms with E-state index in [0.717, 1.165) is 11.6 Å². The molecule has 96 valence electrons. The Balaban J connectivity index is 1.97. The van der Waals surface area contributed by atoms with Crippen molar-refractivity contribution in [3.8, 4) is 0 Å². The van der Waals surface area contributed by atoms with Gasteiger partial charge < -0.3 is 4.90 Å². The van der Waals surface area contributed by atoms with Crippen LogP contribution in [0.5, 0.6) is 0 Å². The lowest BCUT2D eigenvalue weighted by molar-refractivity contribution is 0.683. The van der Waals surface area contributed by atoms with Gasteiger partial charge >= 0.3 is 0 Å². The third kappa shape index (κ3) is 2.97. The second kappa shape index (κ2) is 5.80. The van der Waals surface area contributed by atoms with Crippen LogP contribution >= 0.6 is 11.3 Å². The molecule has 3 nitrogen and oxygen atoms in total. The molecule has 0 N–H and O–H groups in total. The minimum atomic E-state index is 0.626. The molecule has 1 saturated heterocycles. The third-order valence-electron chi connectivity index (χ3n) is 3.62. The van der Waals surface area contributed by atoms with Crippen LogP contribution in [0, 0.1) is 0 Å². The molecule has 2 atom stereocenters. The lowest BCUT2D eigenvalue weighted by Gasteiger charge is -2.24. The van der Waals surface area contributed by atoms with Gasteiger partial charge in [-0.15, -0.1) is 10.2 Å². The van der Waals surface area contributed by atoms with E-state index in [1.54, 1.807) is 11.3 Å². The van der Waals surface area contributed by atoms with Crippen molar-refractivity contribution in [3.63, 3.8) is 0 Å². The van der Waals surface area contributed by atoms with E-state index in [1.165, 1.54) is 37.1 Å². The lowest BCUT2D eigenvalue weighted by atomic mass is 10.2. The van der Waals surface area contributed by atoms with Gasteiger partial charge in [-0.2, -0.15) is 0 Å². The molecule has 0 aromatic carbocycles. The summed E-state index contributed by atoms with van der Waals surface area (Å²) in [5.41, 5.74) is 0. The highest BCUT2D eigenvalue weighted by Gasteiger charge is 2.29. The summed E-state index contributed by atoms with van der Waals surface area (Å²) in [5, 5.41) is 11.0. The summed E-state index contributed by atoms with van der Waals surface area (Å²) in [7, 11) is 0. The first-order chi connectivity index (χ1) is 8.22. The first-order valence-electron chi connectivity index (χ1n) is 6.83. The molecule has 0 radical (unpaired) electrons. The van der Waals surface area contributed by atoms with Gasteiger partial charge in [0.1, 0.15) is 5.01 Å². The monoisotopic (exact) mass is 253 g/mol. The fourth-order valence-corrected chi connectivity index (χ4v) is 3.63. The van der Waals surface area contributed by atoms with Crippen LogP contribution < -0.4 is 4.90 Å². The maximum atomic E-state index is 4.37. The molecule has 0 amide bonds. The Morgan fingerprint density at radius 1 is 1.18 bits per heavy atom. The minimum Gasteiger partial charge on any atom is -0.341 e. The molecule has 2 heterocycles. The lowest BCUT2D eigenvalue weighted by Crippen LogP contribution is -2.32.